The predicted molar refractivity (Wildman–Crippen MR) is 74.4 cm³/mol. The number of hydrogen-bond acceptors (Lipinski definition) is 5. The van der Waals surface area contributed by atoms with E-state index < -0.39 is 9.84 Å². The number of benzene rings is 1. The topological polar surface area (TPSA) is 76.1 Å². The Morgan fingerprint density at radius 1 is 1.26 bits per heavy atom. The van der Waals surface area contributed by atoms with Gasteiger partial charge in [0, 0.05) is 11.8 Å². The number of aryl methyl sites for hydroxylation is 1. The molecule has 0 unspecified atom stereocenters. The molecule has 1 aromatic heterocycles. The number of hydrogen-bond donors (Lipinski definition) is 1. The molecule has 0 fully saturated rings. The van der Waals surface area contributed by atoms with Gasteiger partial charge in [-0.2, -0.15) is 0 Å². The zero-order valence-corrected chi connectivity index (χ0v) is 12.0. The van der Waals surface area contributed by atoms with Crippen molar-refractivity contribution in [1.82, 2.24) is 4.98 Å². The van der Waals surface area contributed by atoms with Gasteiger partial charge in [-0.3, -0.25) is 10.1 Å². The maximum Gasteiger partial charge on any atom is 0.257 e. The summed E-state index contributed by atoms with van der Waals surface area (Å²) in [5.41, 5.74) is 1.56. The largest absolute Gasteiger partial charge is 0.298 e. The van der Waals surface area contributed by atoms with E-state index in [1.165, 1.54) is 6.20 Å². The average Bonchev–Trinajstić information content (AvgIpc) is 2.78. The number of sulfone groups is 1. The van der Waals surface area contributed by atoms with Crippen molar-refractivity contribution in [1.29, 1.82) is 0 Å². The average molecular weight is 296 g/mol. The summed E-state index contributed by atoms with van der Waals surface area (Å²) in [6.45, 7) is 1.93. The summed E-state index contributed by atoms with van der Waals surface area (Å²) >= 11 is 0.935. The van der Waals surface area contributed by atoms with Gasteiger partial charge in [0.05, 0.1) is 6.20 Å². The van der Waals surface area contributed by atoms with Crippen molar-refractivity contribution in [2.75, 3.05) is 11.6 Å². The molecule has 0 bridgehead atoms. The maximum absolute atomic E-state index is 11.9. The number of nitrogens with one attached hydrogen (secondary N) is 1. The first-order valence-corrected chi connectivity index (χ1v) is 8.11. The highest BCUT2D eigenvalue weighted by atomic mass is 32.2. The lowest BCUT2D eigenvalue weighted by atomic mass is 10.1. The van der Waals surface area contributed by atoms with E-state index in [9.17, 15) is 13.2 Å². The molecule has 1 heterocycles. The minimum atomic E-state index is -3.28. The number of carbonyl (C=O) groups is 1. The summed E-state index contributed by atoms with van der Waals surface area (Å²) < 4.78 is 22.7. The second-order valence-electron chi connectivity index (χ2n) is 4.08. The summed E-state index contributed by atoms with van der Waals surface area (Å²) in [7, 11) is -3.28. The fourth-order valence-corrected chi connectivity index (χ4v) is 2.99. The summed E-state index contributed by atoms with van der Waals surface area (Å²) in [6, 6.07) is 7.07. The second-order valence-corrected chi connectivity index (χ2v) is 7.35. The number of amides is 1. The van der Waals surface area contributed by atoms with Crippen molar-refractivity contribution in [2.45, 2.75) is 11.1 Å². The van der Waals surface area contributed by atoms with Crippen molar-refractivity contribution >= 4 is 32.2 Å². The van der Waals surface area contributed by atoms with Crippen molar-refractivity contribution in [3.05, 3.63) is 41.6 Å². The number of aromatic nitrogens is 1. The fraction of sp³-hybridized carbons (Fsp3) is 0.167. The standard InChI is InChI=1S/C12H12N2O3S2/c1-8-3-5-9(6-4-8)11(15)14-12-13-7-10(18-12)19(2,16)17/h3-7H,1-2H3,(H,13,14,15). The van der Waals surface area contributed by atoms with Crippen LogP contribution in [0.2, 0.25) is 0 Å². The van der Waals surface area contributed by atoms with E-state index in [-0.39, 0.29) is 15.2 Å². The molecular formula is C12H12N2O3S2. The third-order valence-electron chi connectivity index (χ3n) is 2.38. The summed E-state index contributed by atoms with van der Waals surface area (Å²) in [6.07, 6.45) is 2.34. The normalized spacial score (nSPS) is 11.3. The molecule has 19 heavy (non-hydrogen) atoms. The van der Waals surface area contributed by atoms with E-state index in [2.05, 4.69) is 10.3 Å². The smallest absolute Gasteiger partial charge is 0.257 e. The first-order chi connectivity index (χ1) is 8.86. The van der Waals surface area contributed by atoms with Crippen LogP contribution in [-0.4, -0.2) is 25.6 Å². The maximum atomic E-state index is 11.9. The van der Waals surface area contributed by atoms with Crippen molar-refractivity contribution < 1.29 is 13.2 Å². The van der Waals surface area contributed by atoms with Gasteiger partial charge in [-0.15, -0.1) is 0 Å². The molecule has 0 radical (unpaired) electrons. The highest BCUT2D eigenvalue weighted by Crippen LogP contribution is 2.23. The lowest BCUT2D eigenvalue weighted by molar-refractivity contribution is 0.102. The highest BCUT2D eigenvalue weighted by Gasteiger charge is 2.14. The van der Waals surface area contributed by atoms with Crippen LogP contribution >= 0.6 is 11.3 Å². The molecule has 0 atom stereocenters. The van der Waals surface area contributed by atoms with Crippen molar-refractivity contribution in [3.8, 4) is 0 Å². The molecule has 0 saturated heterocycles. The zero-order valence-electron chi connectivity index (χ0n) is 10.4. The third kappa shape index (κ3) is 3.39. The Labute approximate surface area is 115 Å². The van der Waals surface area contributed by atoms with E-state index in [0.717, 1.165) is 23.2 Å². The molecule has 1 N–H and O–H groups in total. The van der Waals surface area contributed by atoms with Gasteiger partial charge < -0.3 is 0 Å². The van der Waals surface area contributed by atoms with Crippen LogP contribution in [0, 0.1) is 6.92 Å². The molecule has 5 nitrogen and oxygen atoms in total. The van der Waals surface area contributed by atoms with E-state index in [4.69, 9.17) is 0 Å². The van der Waals surface area contributed by atoms with Gasteiger partial charge in [0.2, 0.25) is 0 Å². The molecule has 7 heteroatoms. The van der Waals surface area contributed by atoms with Crippen LogP contribution in [0.15, 0.2) is 34.7 Å². The van der Waals surface area contributed by atoms with Gasteiger partial charge in [0.25, 0.3) is 5.91 Å². The van der Waals surface area contributed by atoms with Gasteiger partial charge in [0.1, 0.15) is 4.21 Å². The highest BCUT2D eigenvalue weighted by molar-refractivity contribution is 7.92. The molecule has 0 spiro atoms. The molecule has 0 aliphatic heterocycles. The van der Waals surface area contributed by atoms with Crippen LogP contribution < -0.4 is 5.32 Å². The van der Waals surface area contributed by atoms with Crippen LogP contribution in [0.5, 0.6) is 0 Å². The van der Waals surface area contributed by atoms with E-state index in [1.54, 1.807) is 12.1 Å². The summed E-state index contributed by atoms with van der Waals surface area (Å²) in [5, 5.41) is 2.84. The minimum Gasteiger partial charge on any atom is -0.298 e. The van der Waals surface area contributed by atoms with Crippen LogP contribution in [-0.2, 0) is 9.84 Å². The first-order valence-electron chi connectivity index (χ1n) is 5.40. The lowest BCUT2D eigenvalue weighted by Crippen LogP contribution is -2.11. The van der Waals surface area contributed by atoms with Gasteiger partial charge >= 0.3 is 0 Å². The molecule has 0 aliphatic rings. The minimum absolute atomic E-state index is 0.131. The zero-order chi connectivity index (χ0) is 14.0. The Bertz CT molecular complexity index is 703. The van der Waals surface area contributed by atoms with Crippen molar-refractivity contribution in [3.63, 3.8) is 0 Å². The lowest BCUT2D eigenvalue weighted by Gasteiger charge is -2.01. The second kappa shape index (κ2) is 5.10. The van der Waals surface area contributed by atoms with Gasteiger partial charge in [-0.05, 0) is 19.1 Å². The molecular weight excluding hydrogens is 284 g/mol. The first kappa shape index (κ1) is 13.7. The molecule has 2 rings (SSSR count). The monoisotopic (exact) mass is 296 g/mol. The van der Waals surface area contributed by atoms with E-state index in [0.29, 0.717) is 5.56 Å². The molecule has 1 aromatic carbocycles. The van der Waals surface area contributed by atoms with E-state index in [1.807, 2.05) is 19.1 Å². The van der Waals surface area contributed by atoms with Crippen LogP contribution in [0.25, 0.3) is 0 Å². The molecule has 0 aliphatic carbocycles. The molecule has 1 amide bonds. The molecule has 2 aromatic rings. The Hall–Kier alpha value is -1.73. The molecule has 0 saturated carbocycles. The summed E-state index contributed by atoms with van der Waals surface area (Å²) in [4.78, 5) is 15.8. The van der Waals surface area contributed by atoms with Gasteiger partial charge in [0.15, 0.2) is 15.0 Å². The Kier molecular flexibility index (Phi) is 3.68. The van der Waals surface area contributed by atoms with Gasteiger partial charge in [-0.25, -0.2) is 13.4 Å². The number of rotatable bonds is 3. The van der Waals surface area contributed by atoms with Crippen LogP contribution in [0.4, 0.5) is 5.13 Å². The number of carbonyl (C=O) groups excluding carboxylic acids is 1. The van der Waals surface area contributed by atoms with E-state index >= 15 is 0 Å². The Balaban J connectivity index is 2.15. The number of nitrogens with zero attached hydrogens (tertiary/aromatic N) is 1. The van der Waals surface area contributed by atoms with Crippen molar-refractivity contribution in [2.24, 2.45) is 0 Å². The molecule has 100 valence electrons. The summed E-state index contributed by atoms with van der Waals surface area (Å²) in [5.74, 6) is -0.311. The Morgan fingerprint density at radius 2 is 1.89 bits per heavy atom. The van der Waals surface area contributed by atoms with Gasteiger partial charge in [-0.1, -0.05) is 29.0 Å². The van der Waals surface area contributed by atoms with Crippen LogP contribution in [0.1, 0.15) is 15.9 Å². The quantitative estimate of drug-likeness (QED) is 0.941. The Morgan fingerprint density at radius 3 is 2.42 bits per heavy atom. The fourth-order valence-electron chi connectivity index (χ4n) is 1.36. The SMILES string of the molecule is Cc1ccc(C(=O)Nc2ncc(S(C)(=O)=O)s2)cc1. The third-order valence-corrected chi connectivity index (χ3v) is 5.09. The number of thiazole rings is 1. The van der Waals surface area contributed by atoms with Crippen LogP contribution in [0.3, 0.4) is 0 Å². The predicted octanol–water partition coefficient (Wildman–Crippen LogP) is 2.11. The number of anilines is 1.